The van der Waals surface area contributed by atoms with Gasteiger partial charge in [-0.1, -0.05) is 0 Å². The molecular weight excluding hydrogens is 164 g/mol. The molecule has 0 saturated carbocycles. The van der Waals surface area contributed by atoms with Gasteiger partial charge in [0.05, 0.1) is 18.2 Å². The van der Waals surface area contributed by atoms with Gasteiger partial charge in [0, 0.05) is 12.6 Å². The zero-order valence-electron chi connectivity index (χ0n) is 7.82. The van der Waals surface area contributed by atoms with Gasteiger partial charge in [-0.05, 0) is 19.9 Å². The van der Waals surface area contributed by atoms with Crippen molar-refractivity contribution in [3.05, 3.63) is 36.1 Å². The minimum absolute atomic E-state index is 0.307. The van der Waals surface area contributed by atoms with Crippen LogP contribution in [-0.4, -0.2) is 9.97 Å². The first-order valence-corrected chi connectivity index (χ1v) is 4.33. The second kappa shape index (κ2) is 2.83. The van der Waals surface area contributed by atoms with Gasteiger partial charge >= 0.3 is 0 Å². The zero-order valence-corrected chi connectivity index (χ0v) is 7.82. The molecule has 1 aliphatic heterocycles. The normalized spacial score (nSPS) is 26.0. The molecule has 0 radical (unpaired) electrons. The van der Waals surface area contributed by atoms with Crippen LogP contribution in [0, 0.1) is 6.92 Å². The van der Waals surface area contributed by atoms with Crippen molar-refractivity contribution in [2.45, 2.75) is 25.9 Å². The molecule has 2 heterocycles. The van der Waals surface area contributed by atoms with E-state index in [0.29, 0.717) is 0 Å². The van der Waals surface area contributed by atoms with Crippen LogP contribution in [0.3, 0.4) is 0 Å². The molecule has 0 aromatic carbocycles. The smallest absolute Gasteiger partial charge is 0.152 e. The van der Waals surface area contributed by atoms with Gasteiger partial charge in [-0.15, -0.1) is 0 Å². The molecule has 1 aromatic rings. The molecule has 1 aromatic heterocycles. The number of hydrogen-bond acceptors (Lipinski definition) is 3. The number of hydrogen-bond donors (Lipinski definition) is 0. The highest BCUT2D eigenvalue weighted by molar-refractivity contribution is 5.14. The van der Waals surface area contributed by atoms with Crippen molar-refractivity contribution in [3.8, 4) is 0 Å². The summed E-state index contributed by atoms with van der Waals surface area (Å²) in [4.78, 5) is 8.50. The second-order valence-electron chi connectivity index (χ2n) is 3.47. The average Bonchev–Trinajstić information content (AvgIpc) is 2.54. The maximum absolute atomic E-state index is 5.50. The Labute approximate surface area is 77.5 Å². The largest absolute Gasteiger partial charge is 0.489 e. The molecular formula is C10H12N2O. The Hall–Kier alpha value is -1.38. The predicted molar refractivity (Wildman–Crippen MR) is 49.0 cm³/mol. The minimum atomic E-state index is -0.307. The minimum Gasteiger partial charge on any atom is -0.489 e. The van der Waals surface area contributed by atoms with E-state index < -0.39 is 0 Å². The Morgan fingerprint density at radius 1 is 1.46 bits per heavy atom. The summed E-state index contributed by atoms with van der Waals surface area (Å²) in [6, 6.07) is 0. The number of nitrogens with zero attached hydrogens (tertiary/aromatic N) is 2. The Morgan fingerprint density at radius 3 is 2.92 bits per heavy atom. The van der Waals surface area contributed by atoms with Crippen molar-refractivity contribution < 1.29 is 4.74 Å². The molecule has 3 heteroatoms. The lowest BCUT2D eigenvalue weighted by Gasteiger charge is -2.22. The first-order valence-electron chi connectivity index (χ1n) is 4.33. The maximum atomic E-state index is 5.50. The molecule has 2 rings (SSSR count). The van der Waals surface area contributed by atoms with Crippen molar-refractivity contribution >= 4 is 0 Å². The summed E-state index contributed by atoms with van der Waals surface area (Å²) in [6.45, 7) is 3.96. The molecule has 68 valence electrons. The molecule has 0 spiro atoms. The summed E-state index contributed by atoms with van der Waals surface area (Å²) >= 11 is 0. The van der Waals surface area contributed by atoms with Crippen LogP contribution in [-0.2, 0) is 10.3 Å². The number of aromatic nitrogens is 2. The summed E-state index contributed by atoms with van der Waals surface area (Å²) in [5.74, 6) is 0. The number of aryl methyl sites for hydroxylation is 1. The van der Waals surface area contributed by atoms with E-state index in [4.69, 9.17) is 4.74 Å². The van der Waals surface area contributed by atoms with Crippen molar-refractivity contribution in [2.75, 3.05) is 0 Å². The summed E-state index contributed by atoms with van der Waals surface area (Å²) in [5, 5.41) is 0. The molecule has 0 N–H and O–H groups in total. The lowest BCUT2D eigenvalue weighted by molar-refractivity contribution is 0.0560. The van der Waals surface area contributed by atoms with Crippen molar-refractivity contribution in [2.24, 2.45) is 0 Å². The Kier molecular flexibility index (Phi) is 1.79. The van der Waals surface area contributed by atoms with Gasteiger partial charge in [0.25, 0.3) is 0 Å². The third-order valence-corrected chi connectivity index (χ3v) is 2.23. The first-order chi connectivity index (χ1) is 6.21. The molecule has 1 atom stereocenters. The molecule has 0 saturated heterocycles. The summed E-state index contributed by atoms with van der Waals surface area (Å²) in [7, 11) is 0. The fraction of sp³-hybridized carbons (Fsp3) is 0.400. The highest BCUT2D eigenvalue weighted by atomic mass is 16.5. The van der Waals surface area contributed by atoms with Crippen LogP contribution in [0.5, 0.6) is 0 Å². The van der Waals surface area contributed by atoms with E-state index in [1.54, 1.807) is 18.7 Å². The highest BCUT2D eigenvalue weighted by Gasteiger charge is 2.31. The molecule has 13 heavy (non-hydrogen) atoms. The first kappa shape index (κ1) is 8.23. The monoisotopic (exact) mass is 176 g/mol. The topological polar surface area (TPSA) is 35.0 Å². The van der Waals surface area contributed by atoms with Gasteiger partial charge in [0.2, 0.25) is 0 Å². The SMILES string of the molecule is Cc1cncc(C2(C)CC=CO2)n1. The van der Waals surface area contributed by atoms with E-state index in [2.05, 4.69) is 9.97 Å². The number of ether oxygens (including phenoxy) is 1. The van der Waals surface area contributed by atoms with Crippen molar-refractivity contribution in [3.63, 3.8) is 0 Å². The van der Waals surface area contributed by atoms with Crippen LogP contribution in [0.2, 0.25) is 0 Å². The van der Waals surface area contributed by atoms with Crippen LogP contribution < -0.4 is 0 Å². The van der Waals surface area contributed by atoms with Crippen LogP contribution in [0.4, 0.5) is 0 Å². The molecule has 1 unspecified atom stereocenters. The lowest BCUT2D eigenvalue weighted by Crippen LogP contribution is -2.22. The van der Waals surface area contributed by atoms with Gasteiger partial charge < -0.3 is 4.74 Å². The van der Waals surface area contributed by atoms with Crippen LogP contribution in [0.1, 0.15) is 24.7 Å². The average molecular weight is 176 g/mol. The van der Waals surface area contributed by atoms with Crippen LogP contribution in [0.25, 0.3) is 0 Å². The van der Waals surface area contributed by atoms with Crippen LogP contribution in [0.15, 0.2) is 24.7 Å². The fourth-order valence-electron chi connectivity index (χ4n) is 1.40. The van der Waals surface area contributed by atoms with Gasteiger partial charge in [-0.2, -0.15) is 0 Å². The zero-order chi connectivity index (χ0) is 9.31. The van der Waals surface area contributed by atoms with E-state index in [9.17, 15) is 0 Å². The molecule has 0 aliphatic carbocycles. The molecule has 1 aliphatic rings. The van der Waals surface area contributed by atoms with Gasteiger partial charge in [-0.3, -0.25) is 9.97 Å². The Balaban J connectivity index is 2.35. The molecule has 0 amide bonds. The van der Waals surface area contributed by atoms with Gasteiger partial charge in [-0.25, -0.2) is 0 Å². The van der Waals surface area contributed by atoms with E-state index in [0.717, 1.165) is 17.8 Å². The van der Waals surface area contributed by atoms with Crippen molar-refractivity contribution in [1.29, 1.82) is 0 Å². The second-order valence-corrected chi connectivity index (χ2v) is 3.47. The summed E-state index contributed by atoms with van der Waals surface area (Å²) in [5.41, 5.74) is 1.52. The van der Waals surface area contributed by atoms with Crippen molar-refractivity contribution in [1.82, 2.24) is 9.97 Å². The molecule has 0 bridgehead atoms. The molecule has 3 nitrogen and oxygen atoms in total. The van der Waals surface area contributed by atoms with E-state index >= 15 is 0 Å². The summed E-state index contributed by atoms with van der Waals surface area (Å²) in [6.07, 6.45) is 8.11. The van der Waals surface area contributed by atoms with E-state index in [-0.39, 0.29) is 5.60 Å². The number of rotatable bonds is 1. The summed E-state index contributed by atoms with van der Waals surface area (Å²) < 4.78 is 5.50. The standard InChI is InChI=1S/C10H12N2O/c1-8-6-11-7-9(12-8)10(2)4-3-5-13-10/h3,5-7H,4H2,1-2H3. The van der Waals surface area contributed by atoms with E-state index in [1.165, 1.54) is 0 Å². The van der Waals surface area contributed by atoms with Gasteiger partial charge in [0.15, 0.2) is 5.60 Å². The lowest BCUT2D eigenvalue weighted by atomic mass is 10.00. The third kappa shape index (κ3) is 1.41. The van der Waals surface area contributed by atoms with Gasteiger partial charge in [0.1, 0.15) is 5.69 Å². The Bertz CT molecular complexity index is 339. The third-order valence-electron chi connectivity index (χ3n) is 2.23. The van der Waals surface area contributed by atoms with E-state index in [1.807, 2.05) is 19.9 Å². The predicted octanol–water partition coefficient (Wildman–Crippen LogP) is 1.93. The maximum Gasteiger partial charge on any atom is 0.152 e. The van der Waals surface area contributed by atoms with Crippen LogP contribution >= 0.6 is 0 Å². The molecule has 0 fully saturated rings. The Morgan fingerprint density at radius 2 is 2.31 bits per heavy atom. The quantitative estimate of drug-likeness (QED) is 0.655. The highest BCUT2D eigenvalue weighted by Crippen LogP contribution is 2.32. The fourth-order valence-corrected chi connectivity index (χ4v) is 1.40.